The molecule has 6 heteroatoms. The van der Waals surface area contributed by atoms with Gasteiger partial charge in [-0.15, -0.1) is 0 Å². The summed E-state index contributed by atoms with van der Waals surface area (Å²) in [7, 11) is 0. The van der Waals surface area contributed by atoms with E-state index < -0.39 is 11.7 Å². The van der Waals surface area contributed by atoms with Gasteiger partial charge in [0.2, 0.25) is 0 Å². The Kier molecular flexibility index (Phi) is 2.87. The second-order valence-corrected chi connectivity index (χ2v) is 2.82. The molecule has 2 nitrogen and oxygen atoms in total. The number of halogens is 4. The molecule has 0 fully saturated rings. The first-order chi connectivity index (χ1) is 5.95. The summed E-state index contributed by atoms with van der Waals surface area (Å²) in [5.74, 6) is 0. The van der Waals surface area contributed by atoms with Crippen LogP contribution >= 0.6 is 11.6 Å². The molecule has 0 saturated carbocycles. The molecular weight excluding hydrogens is 205 g/mol. The minimum Gasteiger partial charge on any atom is -0.377 e. The van der Waals surface area contributed by atoms with E-state index in [4.69, 9.17) is 17.3 Å². The third kappa shape index (κ3) is 2.38. The van der Waals surface area contributed by atoms with E-state index in [-0.39, 0.29) is 11.6 Å². The van der Waals surface area contributed by atoms with Crippen LogP contribution < -0.4 is 11.1 Å². The van der Waals surface area contributed by atoms with Crippen molar-refractivity contribution in [2.45, 2.75) is 6.18 Å². The van der Waals surface area contributed by atoms with Crippen LogP contribution in [0, 0.1) is 6.04 Å². The molecule has 0 aromatic rings. The Labute approximate surface area is 78.2 Å². The Bertz CT molecular complexity index is 257. The van der Waals surface area contributed by atoms with Gasteiger partial charge in [-0.25, -0.2) is 0 Å². The molecule has 0 aliphatic carbocycles. The number of hydrogen-bond donors (Lipinski definition) is 2. The summed E-state index contributed by atoms with van der Waals surface area (Å²) < 4.78 is 36.3. The summed E-state index contributed by atoms with van der Waals surface area (Å²) in [4.78, 5) is 0. The van der Waals surface area contributed by atoms with Crippen molar-refractivity contribution in [3.63, 3.8) is 0 Å². The van der Waals surface area contributed by atoms with Crippen LogP contribution in [0.1, 0.15) is 0 Å². The molecule has 0 spiro atoms. The molecule has 0 unspecified atom stereocenters. The molecule has 0 atom stereocenters. The maximum atomic E-state index is 12.1. The predicted molar refractivity (Wildman–Crippen MR) is 43.5 cm³/mol. The standard InChI is InChI=1S/C7H7ClF3N2/c8-5-1-4(7(9,10)11)3-13-6(5)2-12/h1,3,13H,2,12H2. The fourth-order valence-electron chi connectivity index (χ4n) is 0.819. The van der Waals surface area contributed by atoms with Gasteiger partial charge in [-0.1, -0.05) is 11.6 Å². The van der Waals surface area contributed by atoms with Crippen molar-refractivity contribution >= 4 is 11.6 Å². The molecule has 0 aromatic heterocycles. The second kappa shape index (κ2) is 3.59. The van der Waals surface area contributed by atoms with Crippen molar-refractivity contribution in [1.82, 2.24) is 5.32 Å². The fraction of sp³-hybridized carbons (Fsp3) is 0.286. The second-order valence-electron chi connectivity index (χ2n) is 2.42. The fourth-order valence-corrected chi connectivity index (χ4v) is 1.07. The van der Waals surface area contributed by atoms with Gasteiger partial charge in [0.25, 0.3) is 0 Å². The molecule has 1 rings (SSSR count). The van der Waals surface area contributed by atoms with Crippen LogP contribution in [0.2, 0.25) is 0 Å². The van der Waals surface area contributed by atoms with Gasteiger partial charge in [-0.05, 0) is 6.08 Å². The SMILES string of the molecule is NC[C]1NC=C(C(F)(F)F)C=C1Cl. The van der Waals surface area contributed by atoms with E-state index in [1.165, 1.54) is 0 Å². The number of nitrogens with one attached hydrogen (secondary N) is 1. The van der Waals surface area contributed by atoms with E-state index in [0.29, 0.717) is 6.04 Å². The van der Waals surface area contributed by atoms with E-state index in [9.17, 15) is 13.2 Å². The molecule has 0 aromatic carbocycles. The van der Waals surface area contributed by atoms with Crippen LogP contribution in [0.3, 0.4) is 0 Å². The van der Waals surface area contributed by atoms with Crippen molar-refractivity contribution in [2.24, 2.45) is 5.73 Å². The number of nitrogens with two attached hydrogens (primary N) is 1. The molecule has 1 heterocycles. The van der Waals surface area contributed by atoms with E-state index in [1.807, 2.05) is 0 Å². The first kappa shape index (κ1) is 10.4. The average Bonchev–Trinajstić information content (AvgIpc) is 2.02. The monoisotopic (exact) mass is 211 g/mol. The molecule has 0 saturated heterocycles. The Morgan fingerprint density at radius 3 is 2.46 bits per heavy atom. The molecular formula is C7H7ClF3N2. The van der Waals surface area contributed by atoms with Crippen LogP contribution in [0.15, 0.2) is 22.9 Å². The molecule has 0 bridgehead atoms. The van der Waals surface area contributed by atoms with Crippen molar-refractivity contribution in [3.05, 3.63) is 28.9 Å². The Morgan fingerprint density at radius 2 is 2.08 bits per heavy atom. The normalized spacial score (nSPS) is 19.2. The lowest BCUT2D eigenvalue weighted by Crippen LogP contribution is -2.29. The molecule has 73 valence electrons. The van der Waals surface area contributed by atoms with Crippen molar-refractivity contribution in [3.8, 4) is 0 Å². The largest absolute Gasteiger partial charge is 0.417 e. The van der Waals surface area contributed by atoms with E-state index >= 15 is 0 Å². The Hall–Kier alpha value is -0.680. The zero-order valence-electron chi connectivity index (χ0n) is 6.45. The highest BCUT2D eigenvalue weighted by molar-refractivity contribution is 6.31. The summed E-state index contributed by atoms with van der Waals surface area (Å²) in [5, 5.41) is 2.38. The van der Waals surface area contributed by atoms with E-state index in [2.05, 4.69) is 5.32 Å². The number of alkyl halides is 3. The Morgan fingerprint density at radius 1 is 1.46 bits per heavy atom. The minimum atomic E-state index is -4.38. The maximum absolute atomic E-state index is 12.1. The molecule has 3 N–H and O–H groups in total. The molecule has 1 radical (unpaired) electrons. The van der Waals surface area contributed by atoms with Gasteiger partial charge in [0.1, 0.15) is 6.04 Å². The van der Waals surface area contributed by atoms with Gasteiger partial charge >= 0.3 is 6.18 Å². The smallest absolute Gasteiger partial charge is 0.377 e. The zero-order valence-corrected chi connectivity index (χ0v) is 7.21. The molecule has 1 aliphatic rings. The lowest BCUT2D eigenvalue weighted by atomic mass is 10.1. The summed E-state index contributed by atoms with van der Waals surface area (Å²) in [6, 6.07) is 0.384. The van der Waals surface area contributed by atoms with Crippen LogP contribution in [0.25, 0.3) is 0 Å². The van der Waals surface area contributed by atoms with Crippen LogP contribution in [-0.4, -0.2) is 12.7 Å². The summed E-state index contributed by atoms with van der Waals surface area (Å²) in [6.07, 6.45) is -2.69. The first-order valence-electron chi connectivity index (χ1n) is 3.42. The highest BCUT2D eigenvalue weighted by Gasteiger charge is 2.34. The highest BCUT2D eigenvalue weighted by atomic mass is 35.5. The van der Waals surface area contributed by atoms with Gasteiger partial charge in [0.05, 0.1) is 5.57 Å². The number of allylic oxidation sites excluding steroid dienone is 2. The zero-order chi connectivity index (χ0) is 10.1. The van der Waals surface area contributed by atoms with Crippen LogP contribution in [0.5, 0.6) is 0 Å². The topological polar surface area (TPSA) is 38.0 Å². The maximum Gasteiger partial charge on any atom is 0.417 e. The summed E-state index contributed by atoms with van der Waals surface area (Å²) in [6.45, 7) is 0.0803. The van der Waals surface area contributed by atoms with Gasteiger partial charge in [0.15, 0.2) is 0 Å². The Balaban J connectivity index is 2.81. The highest BCUT2D eigenvalue weighted by Crippen LogP contribution is 2.31. The molecule has 1 aliphatic heterocycles. The van der Waals surface area contributed by atoms with Crippen LogP contribution in [-0.2, 0) is 0 Å². The van der Waals surface area contributed by atoms with E-state index in [0.717, 1.165) is 12.3 Å². The predicted octanol–water partition coefficient (Wildman–Crippen LogP) is 1.65. The average molecular weight is 212 g/mol. The quantitative estimate of drug-likeness (QED) is 0.692. The lowest BCUT2D eigenvalue weighted by molar-refractivity contribution is -0.0887. The molecule has 13 heavy (non-hydrogen) atoms. The number of dihydropyridines is 1. The summed E-state index contributed by atoms with van der Waals surface area (Å²) >= 11 is 5.52. The third-order valence-corrected chi connectivity index (χ3v) is 1.84. The van der Waals surface area contributed by atoms with Crippen LogP contribution in [0.4, 0.5) is 13.2 Å². The van der Waals surface area contributed by atoms with Gasteiger partial charge in [-0.3, -0.25) is 0 Å². The number of rotatable bonds is 1. The van der Waals surface area contributed by atoms with Gasteiger partial charge < -0.3 is 11.1 Å². The molecule has 0 amide bonds. The van der Waals surface area contributed by atoms with Crippen molar-refractivity contribution in [2.75, 3.05) is 6.54 Å². The summed E-state index contributed by atoms with van der Waals surface area (Å²) in [5.41, 5.74) is 4.40. The van der Waals surface area contributed by atoms with Crippen molar-refractivity contribution in [1.29, 1.82) is 0 Å². The number of hydrogen-bond acceptors (Lipinski definition) is 2. The third-order valence-electron chi connectivity index (χ3n) is 1.50. The van der Waals surface area contributed by atoms with E-state index in [1.54, 1.807) is 0 Å². The van der Waals surface area contributed by atoms with Gasteiger partial charge in [0, 0.05) is 17.8 Å². The van der Waals surface area contributed by atoms with Gasteiger partial charge in [-0.2, -0.15) is 13.2 Å². The lowest BCUT2D eigenvalue weighted by Gasteiger charge is -2.20. The first-order valence-corrected chi connectivity index (χ1v) is 3.80. The minimum absolute atomic E-state index is 0.00248. The van der Waals surface area contributed by atoms with Crippen molar-refractivity contribution < 1.29 is 13.2 Å².